The van der Waals surface area contributed by atoms with Crippen molar-refractivity contribution in [2.24, 2.45) is 5.92 Å². The van der Waals surface area contributed by atoms with Gasteiger partial charge in [-0.2, -0.15) is 0 Å². The van der Waals surface area contributed by atoms with E-state index in [1.54, 1.807) is 14.0 Å². The summed E-state index contributed by atoms with van der Waals surface area (Å²) in [5, 5.41) is 15.4. The highest BCUT2D eigenvalue weighted by Crippen LogP contribution is 2.19. The number of benzene rings is 1. The van der Waals surface area contributed by atoms with Crippen LogP contribution < -0.4 is 10.6 Å². The molecule has 0 spiro atoms. The molecule has 0 saturated carbocycles. The molecule has 6 heteroatoms. The van der Waals surface area contributed by atoms with Crippen LogP contribution in [0, 0.1) is 5.92 Å². The fourth-order valence-corrected chi connectivity index (χ4v) is 3.21. The average Bonchev–Trinajstić information content (AvgIpc) is 3.09. The fraction of sp³-hybridized carbons (Fsp3) is 0.556. The zero-order valence-electron chi connectivity index (χ0n) is 14.2. The minimum absolute atomic E-state index is 0.133. The molecule has 6 nitrogen and oxygen atoms in total. The van der Waals surface area contributed by atoms with Crippen molar-refractivity contribution >= 4 is 11.9 Å². The quantitative estimate of drug-likeness (QED) is 0.665. The maximum Gasteiger partial charge on any atom is 0.326 e. The van der Waals surface area contributed by atoms with E-state index in [1.807, 2.05) is 30.3 Å². The van der Waals surface area contributed by atoms with E-state index < -0.39 is 17.9 Å². The monoisotopic (exact) mass is 334 g/mol. The van der Waals surface area contributed by atoms with Gasteiger partial charge in [0.1, 0.15) is 6.04 Å². The number of carbonyl (C=O) groups is 2. The summed E-state index contributed by atoms with van der Waals surface area (Å²) in [6.07, 6.45) is 2.01. The highest BCUT2D eigenvalue weighted by molar-refractivity contribution is 5.85. The first-order chi connectivity index (χ1) is 11.5. The number of carbonyl (C=O) groups excluding carboxylic acids is 1. The van der Waals surface area contributed by atoms with Crippen molar-refractivity contribution < 1.29 is 19.4 Å². The highest BCUT2D eigenvalue weighted by Gasteiger charge is 2.34. The molecular formula is C18H26N2O4. The van der Waals surface area contributed by atoms with Crippen LogP contribution >= 0.6 is 0 Å². The van der Waals surface area contributed by atoms with Gasteiger partial charge < -0.3 is 20.5 Å². The van der Waals surface area contributed by atoms with Crippen molar-refractivity contribution in [3.05, 3.63) is 35.9 Å². The lowest BCUT2D eigenvalue weighted by Crippen LogP contribution is -2.50. The molecule has 3 N–H and O–H groups in total. The molecule has 0 radical (unpaired) electrons. The molecule has 1 amide bonds. The summed E-state index contributed by atoms with van der Waals surface area (Å²) in [6, 6.07) is 8.47. The summed E-state index contributed by atoms with van der Waals surface area (Å²) in [6.45, 7) is 2.70. The summed E-state index contributed by atoms with van der Waals surface area (Å²) in [5.41, 5.74) is 0.874. The zero-order valence-corrected chi connectivity index (χ0v) is 14.2. The van der Waals surface area contributed by atoms with Gasteiger partial charge in [0.2, 0.25) is 5.91 Å². The first kappa shape index (κ1) is 18.4. The van der Waals surface area contributed by atoms with Gasteiger partial charge >= 0.3 is 5.97 Å². The predicted molar refractivity (Wildman–Crippen MR) is 90.7 cm³/mol. The largest absolute Gasteiger partial charge is 0.480 e. The minimum atomic E-state index is -1.03. The minimum Gasteiger partial charge on any atom is -0.480 e. The fourth-order valence-electron chi connectivity index (χ4n) is 3.21. The number of ether oxygens (including phenoxy) is 1. The third kappa shape index (κ3) is 4.79. The normalized spacial score (nSPS) is 21.0. The van der Waals surface area contributed by atoms with E-state index in [4.69, 9.17) is 4.74 Å². The van der Waals surface area contributed by atoms with E-state index in [9.17, 15) is 14.7 Å². The maximum atomic E-state index is 12.5. The molecule has 1 aliphatic heterocycles. The zero-order chi connectivity index (χ0) is 17.5. The molecule has 1 heterocycles. The van der Waals surface area contributed by atoms with Crippen LogP contribution in [-0.2, 0) is 20.7 Å². The smallest absolute Gasteiger partial charge is 0.326 e. The van der Waals surface area contributed by atoms with Gasteiger partial charge in [0.25, 0.3) is 0 Å². The van der Waals surface area contributed by atoms with Gasteiger partial charge in [0, 0.05) is 19.6 Å². The number of rotatable bonds is 8. The van der Waals surface area contributed by atoms with E-state index in [0.29, 0.717) is 0 Å². The van der Waals surface area contributed by atoms with Crippen LogP contribution in [0.2, 0.25) is 0 Å². The molecule has 0 aromatic heterocycles. The number of methoxy groups -OCH3 is 1. The Hall–Kier alpha value is -1.92. The van der Waals surface area contributed by atoms with E-state index in [2.05, 4.69) is 10.6 Å². The van der Waals surface area contributed by atoms with Crippen LogP contribution in [0.5, 0.6) is 0 Å². The topological polar surface area (TPSA) is 87.7 Å². The molecule has 1 aromatic rings. The molecule has 24 heavy (non-hydrogen) atoms. The van der Waals surface area contributed by atoms with Crippen LogP contribution in [0.1, 0.15) is 25.3 Å². The molecule has 0 aliphatic carbocycles. The molecule has 1 saturated heterocycles. The van der Waals surface area contributed by atoms with Crippen LogP contribution in [-0.4, -0.2) is 48.8 Å². The van der Waals surface area contributed by atoms with Crippen molar-refractivity contribution in [3.8, 4) is 0 Å². The number of amides is 1. The van der Waals surface area contributed by atoms with Gasteiger partial charge in [0.15, 0.2) is 0 Å². The van der Waals surface area contributed by atoms with E-state index >= 15 is 0 Å². The Kier molecular flexibility index (Phi) is 6.75. The standard InChI is InChI=1S/C18H26N2O4/c1-12(16(24-2)14-9-6-10-19-14)17(21)20-15(18(22)23)11-13-7-4-3-5-8-13/h3-5,7-8,12,14-16,19H,6,9-11H2,1-2H3,(H,20,21)(H,22,23)/t12-,14?,15?,16-/m1/s1. The lowest BCUT2D eigenvalue weighted by molar-refractivity contribution is -0.143. The van der Waals surface area contributed by atoms with Gasteiger partial charge in [-0.1, -0.05) is 37.3 Å². The van der Waals surface area contributed by atoms with E-state index in [-0.39, 0.29) is 24.5 Å². The molecule has 4 atom stereocenters. The maximum absolute atomic E-state index is 12.5. The van der Waals surface area contributed by atoms with Gasteiger partial charge in [-0.25, -0.2) is 4.79 Å². The third-order valence-electron chi connectivity index (χ3n) is 4.57. The van der Waals surface area contributed by atoms with Gasteiger partial charge in [-0.15, -0.1) is 0 Å². The number of hydrogen-bond acceptors (Lipinski definition) is 4. The molecule has 132 valence electrons. The molecule has 2 rings (SSSR count). The van der Waals surface area contributed by atoms with Crippen LogP contribution in [0.3, 0.4) is 0 Å². The number of carboxylic acids is 1. The summed E-state index contributed by atoms with van der Waals surface area (Å²) >= 11 is 0. The third-order valence-corrected chi connectivity index (χ3v) is 4.57. The number of hydrogen-bond donors (Lipinski definition) is 3. The van der Waals surface area contributed by atoms with Gasteiger partial charge in [-0.05, 0) is 24.9 Å². The lowest BCUT2D eigenvalue weighted by Gasteiger charge is -2.28. The Labute approximate surface area is 142 Å². The Balaban J connectivity index is 1.99. The molecule has 2 unspecified atom stereocenters. The summed E-state index contributed by atoms with van der Waals surface area (Å²) in [5.74, 6) is -1.76. The first-order valence-electron chi connectivity index (χ1n) is 8.36. The Morgan fingerprint density at radius 2 is 2.08 bits per heavy atom. The summed E-state index contributed by atoms with van der Waals surface area (Å²) < 4.78 is 5.51. The molecule has 0 bridgehead atoms. The number of nitrogens with one attached hydrogen (secondary N) is 2. The van der Waals surface area contributed by atoms with Crippen molar-refractivity contribution in [2.45, 2.75) is 44.4 Å². The van der Waals surface area contributed by atoms with Crippen molar-refractivity contribution in [2.75, 3.05) is 13.7 Å². The Bertz CT molecular complexity index is 543. The van der Waals surface area contributed by atoms with E-state index in [1.165, 1.54) is 0 Å². The number of carboxylic acid groups (broad SMARTS) is 1. The predicted octanol–water partition coefficient (Wildman–Crippen LogP) is 1.20. The van der Waals surface area contributed by atoms with Crippen molar-refractivity contribution in [3.63, 3.8) is 0 Å². The Morgan fingerprint density at radius 3 is 2.62 bits per heavy atom. The Morgan fingerprint density at radius 1 is 1.38 bits per heavy atom. The van der Waals surface area contributed by atoms with Gasteiger partial charge in [-0.3, -0.25) is 4.79 Å². The summed E-state index contributed by atoms with van der Waals surface area (Å²) in [4.78, 5) is 24.0. The lowest BCUT2D eigenvalue weighted by atomic mass is 9.95. The van der Waals surface area contributed by atoms with Crippen molar-refractivity contribution in [1.82, 2.24) is 10.6 Å². The van der Waals surface area contributed by atoms with Crippen LogP contribution in [0.25, 0.3) is 0 Å². The SMILES string of the molecule is CO[C@@H](C1CCCN1)[C@@H](C)C(=O)NC(Cc1ccccc1)C(=O)O. The second-order valence-corrected chi connectivity index (χ2v) is 6.28. The van der Waals surface area contributed by atoms with Crippen molar-refractivity contribution in [1.29, 1.82) is 0 Å². The van der Waals surface area contributed by atoms with Gasteiger partial charge in [0.05, 0.1) is 12.0 Å². The number of aliphatic carboxylic acids is 1. The first-order valence-corrected chi connectivity index (χ1v) is 8.36. The highest BCUT2D eigenvalue weighted by atomic mass is 16.5. The van der Waals surface area contributed by atoms with E-state index in [0.717, 1.165) is 24.9 Å². The molecule has 1 fully saturated rings. The molecular weight excluding hydrogens is 308 g/mol. The summed E-state index contributed by atoms with van der Waals surface area (Å²) in [7, 11) is 1.59. The average molecular weight is 334 g/mol. The molecule has 1 aromatic carbocycles. The second-order valence-electron chi connectivity index (χ2n) is 6.28. The van der Waals surface area contributed by atoms with Crippen LogP contribution in [0.4, 0.5) is 0 Å². The molecule has 1 aliphatic rings. The second kappa shape index (κ2) is 8.80. The van der Waals surface area contributed by atoms with Crippen LogP contribution in [0.15, 0.2) is 30.3 Å².